The largest absolute Gasteiger partial charge is 0.457 e. The fourth-order valence-electron chi connectivity index (χ4n) is 6.75. The minimum Gasteiger partial charge on any atom is -0.457 e. The molecule has 1 aromatic heterocycles. The molecule has 4 aromatic rings. The van der Waals surface area contributed by atoms with Crippen molar-refractivity contribution < 1.29 is 37.4 Å². The van der Waals surface area contributed by atoms with Crippen molar-refractivity contribution in [1.82, 2.24) is 19.7 Å². The number of urea groups is 1. The Balaban J connectivity index is 0.848. The molecule has 7 rings (SSSR count). The number of hydrogen-bond donors (Lipinski definition) is 3. The Hall–Kier alpha value is -6.09. The summed E-state index contributed by atoms with van der Waals surface area (Å²) in [5.41, 5.74) is -0.169. The summed E-state index contributed by atoms with van der Waals surface area (Å²) in [7, 11) is 0. The quantitative estimate of drug-likeness (QED) is 0.157. The number of piperidine rings is 1. The fourth-order valence-corrected chi connectivity index (χ4v) is 6.75. The molecule has 3 aliphatic rings. The number of rotatable bonds is 10. The Morgan fingerprint density at radius 1 is 0.745 bits per heavy atom. The first-order chi connectivity index (χ1) is 26.6. The zero-order chi connectivity index (χ0) is 38.4. The molecule has 0 spiro atoms. The van der Waals surface area contributed by atoms with Crippen LogP contribution in [-0.4, -0.2) is 88.9 Å². The predicted octanol–water partition coefficient (Wildman–Crippen LogP) is 6.46. The van der Waals surface area contributed by atoms with Crippen LogP contribution in [0.5, 0.6) is 11.5 Å². The van der Waals surface area contributed by atoms with Gasteiger partial charge in [0.2, 0.25) is 11.8 Å². The number of halogens is 2. The smallest absolute Gasteiger partial charge is 0.410 e. The third kappa shape index (κ3) is 9.18. The molecular weight excluding hydrogens is 712 g/mol. The normalized spacial score (nSPS) is 16.8. The van der Waals surface area contributed by atoms with E-state index in [0.717, 1.165) is 37.6 Å². The molecule has 0 radical (unpaired) electrons. The lowest BCUT2D eigenvalue weighted by Gasteiger charge is -2.42. The zero-order valence-corrected chi connectivity index (χ0v) is 30.0. The second-order valence-electron chi connectivity index (χ2n) is 13.8. The Labute approximate surface area is 316 Å². The van der Waals surface area contributed by atoms with Crippen LogP contribution in [0.1, 0.15) is 31.2 Å². The van der Waals surface area contributed by atoms with Crippen molar-refractivity contribution >= 4 is 41.1 Å². The third-order valence-electron chi connectivity index (χ3n) is 10.2. The SMILES string of the molecule is O=C(Nc1cc(Oc2ccc(NC(=O)C3(C(=O)Nc4ccc(F)cc4)CC3)c(F)c2)ccn1)N1CCC(N2CCN(C(=O)OCc3ccccc3)CC2)CC1. The molecule has 1 aliphatic carbocycles. The summed E-state index contributed by atoms with van der Waals surface area (Å²) < 4.78 is 39.7. The molecule has 13 nitrogen and oxygen atoms in total. The number of benzene rings is 3. The van der Waals surface area contributed by atoms with Gasteiger partial charge in [-0.2, -0.15) is 0 Å². The first kappa shape index (κ1) is 37.2. The maximum Gasteiger partial charge on any atom is 0.410 e. The van der Waals surface area contributed by atoms with Gasteiger partial charge in [0.1, 0.15) is 41.0 Å². The molecule has 0 unspecified atom stereocenters. The summed E-state index contributed by atoms with van der Waals surface area (Å²) in [6, 6.07) is 21.8. The Kier molecular flexibility index (Phi) is 11.2. The van der Waals surface area contributed by atoms with Gasteiger partial charge in [-0.1, -0.05) is 30.3 Å². The van der Waals surface area contributed by atoms with E-state index in [1.807, 2.05) is 30.3 Å². The average molecular weight is 754 g/mol. The van der Waals surface area contributed by atoms with E-state index >= 15 is 4.39 Å². The monoisotopic (exact) mass is 753 g/mol. The molecule has 15 heteroatoms. The number of carbonyl (C=O) groups is 4. The van der Waals surface area contributed by atoms with Crippen molar-refractivity contribution in [3.8, 4) is 11.5 Å². The molecule has 0 bridgehead atoms. The number of piperazine rings is 1. The minimum atomic E-state index is -1.35. The van der Waals surface area contributed by atoms with E-state index in [1.165, 1.54) is 48.7 Å². The van der Waals surface area contributed by atoms with Gasteiger partial charge in [-0.3, -0.25) is 19.8 Å². The summed E-state index contributed by atoms with van der Waals surface area (Å²) in [6.07, 6.45) is 3.35. The van der Waals surface area contributed by atoms with Crippen molar-refractivity contribution in [2.24, 2.45) is 5.41 Å². The summed E-state index contributed by atoms with van der Waals surface area (Å²) in [4.78, 5) is 61.7. The number of likely N-dealkylation sites (tertiary alicyclic amines) is 1. The number of nitrogens with zero attached hydrogens (tertiary/aromatic N) is 4. The van der Waals surface area contributed by atoms with E-state index in [1.54, 1.807) is 15.9 Å². The van der Waals surface area contributed by atoms with E-state index in [2.05, 4.69) is 25.8 Å². The van der Waals surface area contributed by atoms with Gasteiger partial charge in [0.15, 0.2) is 0 Å². The van der Waals surface area contributed by atoms with E-state index in [0.29, 0.717) is 56.5 Å². The van der Waals surface area contributed by atoms with E-state index < -0.39 is 28.9 Å². The van der Waals surface area contributed by atoms with Gasteiger partial charge in [0, 0.05) is 69.3 Å². The maximum absolute atomic E-state index is 15.1. The van der Waals surface area contributed by atoms with Crippen molar-refractivity contribution in [3.05, 3.63) is 108 Å². The van der Waals surface area contributed by atoms with Crippen LogP contribution >= 0.6 is 0 Å². The van der Waals surface area contributed by atoms with Crippen LogP contribution in [0.15, 0.2) is 91.1 Å². The number of ether oxygens (including phenoxy) is 2. The molecule has 2 aliphatic heterocycles. The number of amides is 5. The van der Waals surface area contributed by atoms with Gasteiger partial charge in [0.05, 0.1) is 5.69 Å². The predicted molar refractivity (Wildman–Crippen MR) is 199 cm³/mol. The molecular formula is C40H41F2N7O6. The molecule has 2 saturated heterocycles. The van der Waals surface area contributed by atoms with Gasteiger partial charge in [-0.15, -0.1) is 0 Å². The second kappa shape index (κ2) is 16.5. The van der Waals surface area contributed by atoms with Crippen molar-refractivity contribution in [2.45, 2.75) is 38.3 Å². The van der Waals surface area contributed by atoms with Crippen LogP contribution in [0.2, 0.25) is 0 Å². The van der Waals surface area contributed by atoms with Gasteiger partial charge in [-0.25, -0.2) is 23.4 Å². The number of nitrogens with one attached hydrogen (secondary N) is 3. The molecule has 3 heterocycles. The summed E-state index contributed by atoms with van der Waals surface area (Å²) in [5.74, 6) is -1.71. The highest BCUT2D eigenvalue weighted by atomic mass is 19.1. The van der Waals surface area contributed by atoms with Gasteiger partial charge < -0.3 is 29.9 Å². The van der Waals surface area contributed by atoms with Crippen molar-refractivity contribution in [1.29, 1.82) is 0 Å². The molecule has 55 heavy (non-hydrogen) atoms. The van der Waals surface area contributed by atoms with Crippen molar-refractivity contribution in [2.75, 3.05) is 55.2 Å². The van der Waals surface area contributed by atoms with Gasteiger partial charge >= 0.3 is 12.1 Å². The molecule has 0 atom stereocenters. The first-order valence-electron chi connectivity index (χ1n) is 18.2. The highest BCUT2D eigenvalue weighted by molar-refractivity contribution is 6.17. The summed E-state index contributed by atoms with van der Waals surface area (Å²) in [6.45, 7) is 4.05. The maximum atomic E-state index is 15.1. The van der Waals surface area contributed by atoms with Crippen LogP contribution in [-0.2, 0) is 20.9 Å². The molecule has 3 N–H and O–H groups in total. The number of pyridine rings is 1. The van der Waals surface area contributed by atoms with Crippen LogP contribution in [0.3, 0.4) is 0 Å². The number of carbonyl (C=O) groups excluding carboxylic acids is 4. The Bertz CT molecular complexity index is 2020. The van der Waals surface area contributed by atoms with Crippen LogP contribution in [0, 0.1) is 17.0 Å². The fraction of sp³-hybridized carbons (Fsp3) is 0.325. The topological polar surface area (TPSA) is 145 Å². The van der Waals surface area contributed by atoms with Crippen LogP contribution in [0.25, 0.3) is 0 Å². The van der Waals surface area contributed by atoms with Gasteiger partial charge in [-0.05, 0) is 73.7 Å². The zero-order valence-electron chi connectivity index (χ0n) is 30.0. The first-order valence-corrected chi connectivity index (χ1v) is 18.2. The van der Waals surface area contributed by atoms with Crippen LogP contribution < -0.4 is 20.7 Å². The van der Waals surface area contributed by atoms with E-state index in [9.17, 15) is 23.6 Å². The van der Waals surface area contributed by atoms with Gasteiger partial charge in [0.25, 0.3) is 0 Å². The standard InChI is InChI=1S/C40H41F2N7O6/c41-28-6-8-29(9-7-28)44-36(50)40(15-16-40)37(51)45-34-11-10-31(24-33(34)42)55-32-12-17-43-35(25-32)46-38(52)48-18-13-30(14-19-48)47-20-22-49(23-21-47)39(53)54-26-27-4-2-1-3-5-27/h1-12,17,24-25,30H,13-16,18-23,26H2,(H,44,50)(H,45,51)(H,43,46,52). The molecule has 286 valence electrons. The number of hydrogen-bond acceptors (Lipinski definition) is 8. The Morgan fingerprint density at radius 2 is 1.44 bits per heavy atom. The lowest BCUT2D eigenvalue weighted by atomic mass is 10.0. The Morgan fingerprint density at radius 3 is 2.13 bits per heavy atom. The summed E-state index contributed by atoms with van der Waals surface area (Å²) >= 11 is 0. The second-order valence-corrected chi connectivity index (χ2v) is 13.8. The van der Waals surface area contributed by atoms with Crippen LogP contribution in [0.4, 0.5) is 35.6 Å². The molecule has 3 fully saturated rings. The highest BCUT2D eigenvalue weighted by Crippen LogP contribution is 2.47. The summed E-state index contributed by atoms with van der Waals surface area (Å²) in [5, 5.41) is 7.94. The lowest BCUT2D eigenvalue weighted by molar-refractivity contribution is -0.131. The van der Waals surface area contributed by atoms with E-state index in [-0.39, 0.29) is 36.0 Å². The number of aromatic nitrogens is 1. The molecule has 3 aromatic carbocycles. The average Bonchev–Trinajstić information content (AvgIpc) is 4.02. The lowest BCUT2D eigenvalue weighted by Crippen LogP contribution is -2.55. The molecule has 1 saturated carbocycles. The number of anilines is 3. The minimum absolute atomic E-state index is 0.119. The van der Waals surface area contributed by atoms with Crippen molar-refractivity contribution in [3.63, 3.8) is 0 Å². The molecule has 5 amide bonds. The highest BCUT2D eigenvalue weighted by Gasteiger charge is 2.56. The van der Waals surface area contributed by atoms with E-state index in [4.69, 9.17) is 9.47 Å². The third-order valence-corrected chi connectivity index (χ3v) is 10.2.